The van der Waals surface area contributed by atoms with Crippen LogP contribution in [0.4, 0.5) is 13.2 Å². The van der Waals surface area contributed by atoms with E-state index in [-0.39, 0.29) is 5.56 Å². The summed E-state index contributed by atoms with van der Waals surface area (Å²) >= 11 is 0. The maximum absolute atomic E-state index is 12.4. The number of carbonyl (C=O) groups is 1. The Morgan fingerprint density at radius 2 is 1.68 bits per heavy atom. The quantitative estimate of drug-likeness (QED) is 0.469. The zero-order chi connectivity index (χ0) is 16.5. The first-order valence-corrected chi connectivity index (χ1v) is 7.50. The second kappa shape index (κ2) is 5.64. The fourth-order valence-corrected chi connectivity index (χ4v) is 2.42. The first-order valence-electron chi connectivity index (χ1n) is 6.09. The Kier molecular flexibility index (Phi) is 4.19. The molecule has 0 amide bonds. The van der Waals surface area contributed by atoms with Gasteiger partial charge in [-0.3, -0.25) is 0 Å². The molecule has 2 rings (SSSR count). The maximum atomic E-state index is 12.4. The topological polar surface area (TPSA) is 69.7 Å². The minimum atomic E-state index is -5.87. The Morgan fingerprint density at radius 1 is 1.14 bits per heavy atom. The van der Waals surface area contributed by atoms with Crippen molar-refractivity contribution < 1.29 is 35.3 Å². The van der Waals surface area contributed by atoms with Gasteiger partial charge in [-0.1, -0.05) is 12.2 Å². The molecule has 0 radical (unpaired) electrons. The number of halogens is 3. The van der Waals surface area contributed by atoms with Gasteiger partial charge in [0.15, 0.2) is 5.75 Å². The highest BCUT2D eigenvalue weighted by Gasteiger charge is 2.49. The summed E-state index contributed by atoms with van der Waals surface area (Å²) in [5.41, 5.74) is -5.98. The Morgan fingerprint density at radius 3 is 2.18 bits per heavy atom. The van der Waals surface area contributed by atoms with Crippen LogP contribution in [-0.4, -0.2) is 27.0 Å². The molecule has 22 heavy (non-hydrogen) atoms. The summed E-state index contributed by atoms with van der Waals surface area (Å²) < 4.78 is 68.1. The maximum Gasteiger partial charge on any atom is 0.534 e. The third-order valence-corrected chi connectivity index (χ3v) is 3.93. The summed E-state index contributed by atoms with van der Waals surface area (Å²) in [6.45, 7) is 0. The average molecular weight is 336 g/mol. The van der Waals surface area contributed by atoms with Crippen molar-refractivity contribution in [1.29, 1.82) is 0 Å². The molecule has 0 atom stereocenters. The predicted octanol–water partition coefficient (Wildman–Crippen LogP) is 1.06. The van der Waals surface area contributed by atoms with Crippen molar-refractivity contribution in [2.24, 2.45) is 0 Å². The van der Waals surface area contributed by atoms with Gasteiger partial charge in [0.05, 0.1) is 7.11 Å². The first kappa shape index (κ1) is 16.3. The minimum Gasteiger partial charge on any atom is -0.465 e. The van der Waals surface area contributed by atoms with E-state index in [4.69, 9.17) is 0 Å². The predicted molar refractivity (Wildman–Crippen MR) is 70.8 cm³/mol. The molecule has 9 heteroatoms. The van der Waals surface area contributed by atoms with Gasteiger partial charge < -0.3 is 8.92 Å². The van der Waals surface area contributed by atoms with E-state index in [0.717, 1.165) is 13.2 Å². The first-order chi connectivity index (χ1) is 10.2. The lowest BCUT2D eigenvalue weighted by molar-refractivity contribution is -0.0500. The van der Waals surface area contributed by atoms with Crippen LogP contribution in [-0.2, 0) is 14.9 Å². The van der Waals surface area contributed by atoms with Gasteiger partial charge >= 0.3 is 21.6 Å². The van der Waals surface area contributed by atoms with Crippen molar-refractivity contribution in [3.8, 4) is 5.75 Å². The summed E-state index contributed by atoms with van der Waals surface area (Å²) in [5.74, 6) is -1.70. The van der Waals surface area contributed by atoms with Crippen LogP contribution in [0.5, 0.6) is 5.75 Å². The standard InChI is InChI=1S/C13H11F3O5S/c1-20-12(17)10-6-8-4-2-3-5-9(8)7-11(10)21-22(18,19)13(14,15)16/h4-7H,2-3H2,1H3. The lowest BCUT2D eigenvalue weighted by Gasteiger charge is -2.13. The summed E-state index contributed by atoms with van der Waals surface area (Å²) in [4.78, 5) is 11.7. The summed E-state index contributed by atoms with van der Waals surface area (Å²) in [7, 11) is -4.85. The zero-order valence-electron chi connectivity index (χ0n) is 11.3. The fourth-order valence-electron chi connectivity index (χ4n) is 1.95. The number of benzene rings is 1. The molecule has 0 fully saturated rings. The van der Waals surface area contributed by atoms with E-state index < -0.39 is 27.3 Å². The normalized spacial score (nSPS) is 14.4. The van der Waals surface area contributed by atoms with E-state index in [1.807, 2.05) is 0 Å². The van der Waals surface area contributed by atoms with Crippen LogP contribution in [0.1, 0.15) is 23.2 Å². The second-order valence-corrected chi connectivity index (χ2v) is 5.98. The number of hydrogen-bond donors (Lipinski definition) is 0. The molecule has 0 saturated carbocycles. The van der Waals surface area contributed by atoms with Crippen LogP contribution in [0.15, 0.2) is 12.1 Å². The Bertz CT molecular complexity index is 824. The van der Waals surface area contributed by atoms with Crippen LogP contribution in [0.25, 0.3) is 12.2 Å². The molecule has 1 aliphatic rings. The van der Waals surface area contributed by atoms with E-state index in [9.17, 15) is 26.4 Å². The third kappa shape index (κ3) is 3.08. The van der Waals surface area contributed by atoms with Crippen LogP contribution in [0.3, 0.4) is 0 Å². The second-order valence-electron chi connectivity index (χ2n) is 4.44. The lowest BCUT2D eigenvalue weighted by atomic mass is 10.0. The molecule has 1 aliphatic carbocycles. The van der Waals surface area contributed by atoms with Crippen molar-refractivity contribution in [3.63, 3.8) is 0 Å². The van der Waals surface area contributed by atoms with Crippen LogP contribution in [0, 0.1) is 0 Å². The molecule has 0 heterocycles. The van der Waals surface area contributed by atoms with Crippen LogP contribution < -0.4 is 14.6 Å². The monoisotopic (exact) mass is 336 g/mol. The van der Waals surface area contributed by atoms with Gasteiger partial charge in [-0.05, 0) is 35.4 Å². The Hall–Kier alpha value is -2.03. The molecule has 0 aliphatic heterocycles. The number of rotatable bonds is 3. The van der Waals surface area contributed by atoms with Crippen LogP contribution in [0.2, 0.25) is 0 Å². The van der Waals surface area contributed by atoms with Gasteiger partial charge in [0.1, 0.15) is 5.56 Å². The highest BCUT2D eigenvalue weighted by atomic mass is 32.2. The fraction of sp³-hybridized carbons (Fsp3) is 0.308. The van der Waals surface area contributed by atoms with Gasteiger partial charge in [0.2, 0.25) is 0 Å². The Labute approximate surface area is 123 Å². The van der Waals surface area contributed by atoms with Crippen molar-refractivity contribution in [2.45, 2.75) is 18.3 Å². The van der Waals surface area contributed by atoms with E-state index in [1.54, 1.807) is 12.2 Å². The smallest absolute Gasteiger partial charge is 0.465 e. The van der Waals surface area contributed by atoms with E-state index in [2.05, 4.69) is 8.92 Å². The molecule has 1 aromatic carbocycles. The van der Waals surface area contributed by atoms with Crippen molar-refractivity contribution in [1.82, 2.24) is 0 Å². The molecule has 0 unspecified atom stereocenters. The summed E-state index contributed by atoms with van der Waals surface area (Å²) in [6.07, 6.45) is 4.85. The number of hydrogen-bond acceptors (Lipinski definition) is 5. The number of alkyl halides is 3. The molecular weight excluding hydrogens is 325 g/mol. The van der Waals surface area contributed by atoms with Gasteiger partial charge in [0, 0.05) is 0 Å². The van der Waals surface area contributed by atoms with E-state index in [0.29, 0.717) is 23.3 Å². The molecule has 0 N–H and O–H groups in total. The SMILES string of the molecule is COC(=O)c1cc2c(cc1OS(=O)(=O)C(F)(F)F)=CCCC=2. The molecular formula is C13H11F3O5S. The number of carbonyl (C=O) groups excluding carboxylic acids is 1. The summed E-state index contributed by atoms with van der Waals surface area (Å²) in [6, 6.07) is 2.33. The highest BCUT2D eigenvalue weighted by Crippen LogP contribution is 2.28. The number of esters is 1. The van der Waals surface area contributed by atoms with E-state index >= 15 is 0 Å². The van der Waals surface area contributed by atoms with E-state index in [1.165, 1.54) is 6.07 Å². The molecule has 5 nitrogen and oxygen atoms in total. The minimum absolute atomic E-state index is 0.388. The molecule has 0 bridgehead atoms. The van der Waals surface area contributed by atoms with Crippen molar-refractivity contribution in [3.05, 3.63) is 28.1 Å². The molecule has 0 spiro atoms. The van der Waals surface area contributed by atoms with Crippen molar-refractivity contribution >= 4 is 28.2 Å². The molecule has 1 aromatic rings. The number of methoxy groups -OCH3 is 1. The highest BCUT2D eigenvalue weighted by molar-refractivity contribution is 7.88. The van der Waals surface area contributed by atoms with Crippen molar-refractivity contribution in [2.75, 3.05) is 7.11 Å². The molecule has 0 aromatic heterocycles. The van der Waals surface area contributed by atoms with Gasteiger partial charge in [-0.2, -0.15) is 21.6 Å². The van der Waals surface area contributed by atoms with Gasteiger partial charge in [0.25, 0.3) is 0 Å². The zero-order valence-corrected chi connectivity index (χ0v) is 12.1. The Balaban J connectivity index is 2.63. The lowest BCUT2D eigenvalue weighted by Crippen LogP contribution is -2.32. The van der Waals surface area contributed by atoms with Gasteiger partial charge in [-0.15, -0.1) is 0 Å². The number of ether oxygens (including phenoxy) is 1. The molecule has 0 saturated heterocycles. The average Bonchev–Trinajstić information content (AvgIpc) is 2.44. The largest absolute Gasteiger partial charge is 0.534 e. The van der Waals surface area contributed by atoms with Crippen LogP contribution >= 0.6 is 0 Å². The molecule has 120 valence electrons. The summed E-state index contributed by atoms with van der Waals surface area (Å²) in [5, 5.41) is 1.09. The third-order valence-electron chi connectivity index (χ3n) is 2.97. The number of fused-ring (bicyclic) bond motifs is 1. The van der Waals surface area contributed by atoms with Gasteiger partial charge in [-0.25, -0.2) is 4.79 Å².